The Kier molecular flexibility index (Phi) is 5.50. The third kappa shape index (κ3) is 4.39. The molecule has 2 aromatic rings. The lowest BCUT2D eigenvalue weighted by molar-refractivity contribution is -0.184. The molecule has 0 radical (unpaired) electrons. The fourth-order valence-corrected chi connectivity index (χ4v) is 2.29. The molecule has 110 valence electrons. The van der Waals surface area contributed by atoms with Crippen LogP contribution >= 0.6 is 15.9 Å². The second-order valence-corrected chi connectivity index (χ2v) is 5.58. The Morgan fingerprint density at radius 2 is 1.81 bits per heavy atom. The van der Waals surface area contributed by atoms with Gasteiger partial charge in [0.2, 0.25) is 5.91 Å². The van der Waals surface area contributed by atoms with Crippen LogP contribution in [0.15, 0.2) is 59.1 Å². The van der Waals surface area contributed by atoms with Crippen LogP contribution in [-0.4, -0.2) is 18.0 Å². The summed E-state index contributed by atoms with van der Waals surface area (Å²) in [4.78, 5) is 17.4. The highest BCUT2D eigenvalue weighted by Crippen LogP contribution is 2.22. The molecular weight excluding hydrogens is 332 g/mol. The van der Waals surface area contributed by atoms with Crippen molar-refractivity contribution in [2.24, 2.45) is 5.73 Å². The number of primary amides is 1. The Morgan fingerprint density at radius 1 is 1.19 bits per heavy atom. The van der Waals surface area contributed by atoms with Crippen molar-refractivity contribution in [1.82, 2.24) is 5.06 Å². The molecule has 21 heavy (non-hydrogen) atoms. The minimum atomic E-state index is -0.623. The molecule has 0 saturated carbocycles. The summed E-state index contributed by atoms with van der Waals surface area (Å²) in [5, 5.41) is 1.50. The van der Waals surface area contributed by atoms with E-state index in [2.05, 4.69) is 15.9 Å². The Hall–Kier alpha value is -1.69. The maximum absolute atomic E-state index is 11.7. The van der Waals surface area contributed by atoms with E-state index in [9.17, 15) is 4.79 Å². The van der Waals surface area contributed by atoms with Crippen molar-refractivity contribution in [1.29, 1.82) is 0 Å². The lowest BCUT2D eigenvalue weighted by atomic mass is 10.1. The second kappa shape index (κ2) is 7.36. The average Bonchev–Trinajstić information content (AvgIpc) is 2.48. The van der Waals surface area contributed by atoms with E-state index >= 15 is 0 Å². The van der Waals surface area contributed by atoms with Gasteiger partial charge in [0.25, 0.3) is 0 Å². The highest BCUT2D eigenvalue weighted by atomic mass is 79.9. The van der Waals surface area contributed by atoms with Crippen LogP contribution in [0.5, 0.6) is 0 Å². The SMILES string of the molecule is CN(OCc1ccccc1)C(C(N)=O)c1ccc(Br)cc1. The van der Waals surface area contributed by atoms with Crippen molar-refractivity contribution in [3.05, 3.63) is 70.2 Å². The van der Waals surface area contributed by atoms with Gasteiger partial charge < -0.3 is 5.73 Å². The maximum atomic E-state index is 11.7. The van der Waals surface area contributed by atoms with Gasteiger partial charge in [0, 0.05) is 11.5 Å². The number of rotatable bonds is 6. The van der Waals surface area contributed by atoms with Gasteiger partial charge in [0.1, 0.15) is 6.04 Å². The predicted molar refractivity (Wildman–Crippen MR) is 85.1 cm³/mol. The molecule has 0 fully saturated rings. The minimum absolute atomic E-state index is 0.387. The predicted octanol–water partition coefficient (Wildman–Crippen LogP) is 3.04. The van der Waals surface area contributed by atoms with Gasteiger partial charge in [-0.05, 0) is 23.3 Å². The number of benzene rings is 2. The van der Waals surface area contributed by atoms with E-state index in [0.29, 0.717) is 6.61 Å². The largest absolute Gasteiger partial charge is 0.368 e. The summed E-state index contributed by atoms with van der Waals surface area (Å²) in [6, 6.07) is 16.6. The Labute approximate surface area is 132 Å². The molecule has 0 bridgehead atoms. The normalized spacial score (nSPS) is 12.3. The first kappa shape index (κ1) is 15.7. The molecule has 2 N–H and O–H groups in total. The second-order valence-electron chi connectivity index (χ2n) is 4.66. The van der Waals surface area contributed by atoms with Crippen LogP contribution in [0.2, 0.25) is 0 Å². The third-order valence-corrected chi connectivity index (χ3v) is 3.63. The Balaban J connectivity index is 2.07. The minimum Gasteiger partial charge on any atom is -0.368 e. The molecule has 2 rings (SSSR count). The van der Waals surface area contributed by atoms with Crippen LogP contribution in [0.4, 0.5) is 0 Å². The summed E-state index contributed by atoms with van der Waals surface area (Å²) in [6.07, 6.45) is 0. The lowest BCUT2D eigenvalue weighted by Crippen LogP contribution is -2.35. The van der Waals surface area contributed by atoms with Crippen LogP contribution in [0.3, 0.4) is 0 Å². The zero-order chi connectivity index (χ0) is 15.2. The summed E-state index contributed by atoms with van der Waals surface area (Å²) in [5.74, 6) is -0.451. The van der Waals surface area contributed by atoms with Gasteiger partial charge in [-0.1, -0.05) is 58.4 Å². The molecule has 5 heteroatoms. The van der Waals surface area contributed by atoms with Gasteiger partial charge in [0.15, 0.2) is 0 Å². The number of carbonyl (C=O) groups excluding carboxylic acids is 1. The molecule has 0 saturated heterocycles. The number of nitrogens with two attached hydrogens (primary N) is 1. The Morgan fingerprint density at radius 3 is 2.38 bits per heavy atom. The first-order chi connectivity index (χ1) is 10.1. The first-order valence-electron chi connectivity index (χ1n) is 6.52. The summed E-state index contributed by atoms with van der Waals surface area (Å²) < 4.78 is 0.947. The van der Waals surface area contributed by atoms with E-state index in [-0.39, 0.29) is 0 Å². The van der Waals surface area contributed by atoms with Gasteiger partial charge in [0.05, 0.1) is 6.61 Å². The lowest BCUT2D eigenvalue weighted by Gasteiger charge is -2.25. The van der Waals surface area contributed by atoms with Gasteiger partial charge >= 0.3 is 0 Å². The van der Waals surface area contributed by atoms with E-state index in [1.807, 2.05) is 54.6 Å². The topological polar surface area (TPSA) is 55.6 Å². The first-order valence-corrected chi connectivity index (χ1v) is 7.31. The van der Waals surface area contributed by atoms with Crippen molar-refractivity contribution >= 4 is 21.8 Å². The van der Waals surface area contributed by atoms with E-state index in [1.54, 1.807) is 7.05 Å². The summed E-state index contributed by atoms with van der Waals surface area (Å²) in [6.45, 7) is 0.387. The molecule has 4 nitrogen and oxygen atoms in total. The van der Waals surface area contributed by atoms with Gasteiger partial charge in [-0.25, -0.2) is 0 Å². The molecule has 1 unspecified atom stereocenters. The highest BCUT2D eigenvalue weighted by molar-refractivity contribution is 9.10. The fourth-order valence-electron chi connectivity index (χ4n) is 2.02. The molecule has 0 aliphatic rings. The molecular formula is C16H17BrN2O2. The van der Waals surface area contributed by atoms with Crippen molar-refractivity contribution in [2.45, 2.75) is 12.6 Å². The summed E-state index contributed by atoms with van der Waals surface area (Å²) >= 11 is 3.37. The number of hydroxylamine groups is 2. The number of hydrogen-bond acceptors (Lipinski definition) is 3. The maximum Gasteiger partial charge on any atom is 0.241 e. The Bertz CT molecular complexity index is 587. The monoisotopic (exact) mass is 348 g/mol. The van der Waals surface area contributed by atoms with Gasteiger partial charge in [-0.15, -0.1) is 0 Å². The van der Waals surface area contributed by atoms with Crippen molar-refractivity contribution in [2.75, 3.05) is 7.05 Å². The standard InChI is InChI=1S/C16H17BrN2O2/c1-19(21-11-12-5-3-2-4-6-12)15(16(18)20)13-7-9-14(17)10-8-13/h2-10,15H,11H2,1H3,(H2,18,20). The van der Waals surface area contributed by atoms with Crippen LogP contribution in [0, 0.1) is 0 Å². The summed E-state index contributed by atoms with van der Waals surface area (Å²) in [7, 11) is 1.71. The molecule has 0 heterocycles. The number of hydrogen-bond donors (Lipinski definition) is 1. The van der Waals surface area contributed by atoms with Crippen LogP contribution in [0.25, 0.3) is 0 Å². The van der Waals surface area contributed by atoms with E-state index < -0.39 is 11.9 Å². The van der Waals surface area contributed by atoms with E-state index in [4.69, 9.17) is 10.6 Å². The van der Waals surface area contributed by atoms with Gasteiger partial charge in [-0.2, -0.15) is 5.06 Å². The zero-order valence-electron chi connectivity index (χ0n) is 11.7. The van der Waals surface area contributed by atoms with Crippen molar-refractivity contribution < 1.29 is 9.63 Å². The molecule has 1 atom stereocenters. The van der Waals surface area contributed by atoms with E-state index in [1.165, 1.54) is 5.06 Å². The molecule has 0 aliphatic carbocycles. The number of carbonyl (C=O) groups is 1. The number of nitrogens with zero attached hydrogens (tertiary/aromatic N) is 1. The molecule has 2 aromatic carbocycles. The fraction of sp³-hybridized carbons (Fsp3) is 0.188. The number of amides is 1. The van der Waals surface area contributed by atoms with Gasteiger partial charge in [-0.3, -0.25) is 9.63 Å². The van der Waals surface area contributed by atoms with Crippen LogP contribution in [0.1, 0.15) is 17.2 Å². The number of halogens is 1. The molecule has 0 spiro atoms. The summed E-state index contributed by atoms with van der Waals surface area (Å²) in [5.41, 5.74) is 7.33. The quantitative estimate of drug-likeness (QED) is 0.816. The van der Waals surface area contributed by atoms with Crippen LogP contribution in [-0.2, 0) is 16.2 Å². The number of likely N-dealkylation sites (N-methyl/N-ethyl adjacent to an activating group) is 1. The van der Waals surface area contributed by atoms with Crippen LogP contribution < -0.4 is 5.73 Å². The molecule has 1 amide bonds. The highest BCUT2D eigenvalue weighted by Gasteiger charge is 2.23. The van der Waals surface area contributed by atoms with E-state index in [0.717, 1.165) is 15.6 Å². The van der Waals surface area contributed by atoms with Crippen molar-refractivity contribution in [3.8, 4) is 0 Å². The smallest absolute Gasteiger partial charge is 0.241 e. The third-order valence-electron chi connectivity index (χ3n) is 3.10. The zero-order valence-corrected chi connectivity index (χ0v) is 13.3. The average molecular weight is 349 g/mol. The molecule has 0 aromatic heterocycles. The van der Waals surface area contributed by atoms with Crippen molar-refractivity contribution in [3.63, 3.8) is 0 Å². The molecule has 0 aliphatic heterocycles.